The second kappa shape index (κ2) is 6.48. The zero-order valence-corrected chi connectivity index (χ0v) is 15.5. The molecule has 0 bridgehead atoms. The van der Waals surface area contributed by atoms with Crippen molar-refractivity contribution < 1.29 is 18.0 Å². The fourth-order valence-electron chi connectivity index (χ4n) is 3.37. The number of hydrogen-bond donors (Lipinski definition) is 3. The van der Waals surface area contributed by atoms with Crippen LogP contribution < -0.4 is 4.72 Å². The maximum Gasteiger partial charge on any atom is 0.222 e. The van der Waals surface area contributed by atoms with E-state index in [0.717, 1.165) is 22.2 Å². The van der Waals surface area contributed by atoms with Crippen LogP contribution >= 0.6 is 0 Å². The molecule has 27 heavy (non-hydrogen) atoms. The van der Waals surface area contributed by atoms with Crippen molar-refractivity contribution in [3.8, 4) is 22.7 Å². The third-order valence-electron chi connectivity index (χ3n) is 4.46. The fraction of sp³-hybridized carbons (Fsp3) is 0.105. The number of nitrogens with one attached hydrogen (secondary N) is 1. The third-order valence-corrected chi connectivity index (χ3v) is 4.86. The summed E-state index contributed by atoms with van der Waals surface area (Å²) in [7, 11) is -2.88. The summed E-state index contributed by atoms with van der Waals surface area (Å²) in [5.74, 6) is 0.731. The highest BCUT2D eigenvalue weighted by Gasteiger charge is 2.25. The van der Waals surface area contributed by atoms with E-state index in [1.54, 1.807) is 31.2 Å². The molecule has 2 aromatic carbocycles. The summed E-state index contributed by atoms with van der Waals surface area (Å²) >= 11 is 0. The van der Waals surface area contributed by atoms with Crippen LogP contribution in [0.3, 0.4) is 0 Å². The van der Waals surface area contributed by atoms with Gasteiger partial charge < -0.3 is 14.2 Å². The first kappa shape index (κ1) is 17.2. The summed E-state index contributed by atoms with van der Waals surface area (Å²) in [6.45, 7) is 3.60. The molecule has 0 saturated heterocycles. The summed E-state index contributed by atoms with van der Waals surface area (Å²) in [5, 5.41) is 14.4. The van der Waals surface area contributed by atoms with Crippen molar-refractivity contribution in [1.82, 2.24) is 9.72 Å². The molecule has 8 heteroatoms. The van der Waals surface area contributed by atoms with E-state index in [2.05, 4.69) is 9.88 Å². The molecule has 0 amide bonds. The number of fused-ring (bicyclic) bond motifs is 1. The van der Waals surface area contributed by atoms with Crippen LogP contribution in [0, 0.1) is 13.8 Å². The molecule has 0 atom stereocenters. The lowest BCUT2D eigenvalue weighted by atomic mass is 10.1. The molecule has 0 spiro atoms. The largest absolute Gasteiger partial charge is 0.508 e. The molecule has 138 valence electrons. The molecular weight excluding hydrogens is 366 g/mol. The third kappa shape index (κ3) is 2.83. The van der Waals surface area contributed by atoms with Gasteiger partial charge in [-0.25, -0.2) is 8.42 Å². The molecule has 0 aliphatic heterocycles. The normalized spacial score (nSPS) is 11.4. The molecule has 0 unspecified atom stereocenters. The minimum atomic E-state index is -2.88. The lowest BCUT2D eigenvalue weighted by Gasteiger charge is -2.12. The number of phenols is 1. The molecule has 4 aromatic rings. The number of aryl methyl sites for hydroxylation is 2. The lowest BCUT2D eigenvalue weighted by molar-refractivity contribution is 0.393. The Morgan fingerprint density at radius 3 is 2.41 bits per heavy atom. The smallest absolute Gasteiger partial charge is 0.222 e. The van der Waals surface area contributed by atoms with Gasteiger partial charge in [-0.3, -0.25) is 4.72 Å². The Balaban J connectivity index is 2.18. The molecular formula is C19H17N3O4S. The van der Waals surface area contributed by atoms with Gasteiger partial charge in [0.1, 0.15) is 11.5 Å². The highest BCUT2D eigenvalue weighted by Crippen LogP contribution is 2.42. The summed E-state index contributed by atoms with van der Waals surface area (Å²) in [5.41, 5.74) is 4.06. The Bertz CT molecular complexity index is 1190. The van der Waals surface area contributed by atoms with Crippen molar-refractivity contribution in [2.45, 2.75) is 13.8 Å². The molecule has 0 aliphatic rings. The maximum atomic E-state index is 11.5. The Hall–Kier alpha value is -3.26. The number of rotatable bonds is 4. The van der Waals surface area contributed by atoms with E-state index in [-0.39, 0.29) is 5.75 Å². The number of hydrogen-bond acceptors (Lipinski definition) is 5. The van der Waals surface area contributed by atoms with Gasteiger partial charge >= 0.3 is 0 Å². The van der Waals surface area contributed by atoms with Crippen LogP contribution in [0.4, 0.5) is 5.69 Å². The van der Waals surface area contributed by atoms with Crippen molar-refractivity contribution >= 4 is 27.5 Å². The van der Waals surface area contributed by atoms with Crippen LogP contribution in [0.15, 0.2) is 53.1 Å². The number of thiol groups is 1. The number of benzene rings is 2. The quantitative estimate of drug-likeness (QED) is 0.468. The number of aromatic nitrogens is 2. The number of para-hydroxylation sites is 1. The lowest BCUT2D eigenvalue weighted by Crippen LogP contribution is -2.01. The molecule has 2 N–H and O–H groups in total. The SMILES string of the molecule is Cc1noc(C)c1-c1c(N[SH](=O)=O)c2ccccc2n1-c1ccc(O)cc1. The van der Waals surface area contributed by atoms with E-state index in [4.69, 9.17) is 4.52 Å². The Kier molecular flexibility index (Phi) is 4.12. The van der Waals surface area contributed by atoms with Gasteiger partial charge in [0, 0.05) is 11.1 Å². The second-order valence-electron chi connectivity index (χ2n) is 6.16. The molecule has 0 radical (unpaired) electrons. The van der Waals surface area contributed by atoms with Crippen molar-refractivity contribution in [3.05, 3.63) is 60.0 Å². The van der Waals surface area contributed by atoms with Crippen LogP contribution in [0.1, 0.15) is 11.5 Å². The van der Waals surface area contributed by atoms with Gasteiger partial charge in [0.25, 0.3) is 0 Å². The van der Waals surface area contributed by atoms with Gasteiger partial charge in [0.15, 0.2) is 0 Å². The zero-order chi connectivity index (χ0) is 19.1. The van der Waals surface area contributed by atoms with E-state index in [1.807, 2.05) is 35.8 Å². The van der Waals surface area contributed by atoms with Crippen LogP contribution in [0.5, 0.6) is 5.75 Å². The van der Waals surface area contributed by atoms with Gasteiger partial charge in [-0.15, -0.1) is 0 Å². The van der Waals surface area contributed by atoms with Crippen LogP contribution in [0.2, 0.25) is 0 Å². The van der Waals surface area contributed by atoms with Crippen molar-refractivity contribution in [3.63, 3.8) is 0 Å². The summed E-state index contributed by atoms with van der Waals surface area (Å²) in [4.78, 5) is 0. The average Bonchev–Trinajstić information content (AvgIpc) is 3.13. The zero-order valence-electron chi connectivity index (χ0n) is 14.6. The van der Waals surface area contributed by atoms with Crippen LogP contribution in [-0.2, 0) is 10.9 Å². The minimum Gasteiger partial charge on any atom is -0.508 e. The van der Waals surface area contributed by atoms with Gasteiger partial charge in [-0.05, 0) is 44.2 Å². The standard InChI is InChI=1S/C19H17N3O4S/c1-11-17(12(2)26-20-11)19-18(21-27(24)25)15-5-3-4-6-16(15)22(19)13-7-9-14(23)10-8-13/h3-10,23,27H,1-2H3,(H,21,24,25). The van der Waals surface area contributed by atoms with Gasteiger partial charge in [0.2, 0.25) is 10.9 Å². The average molecular weight is 383 g/mol. The first-order valence-corrected chi connectivity index (χ1v) is 9.42. The van der Waals surface area contributed by atoms with Crippen molar-refractivity contribution in [1.29, 1.82) is 0 Å². The van der Waals surface area contributed by atoms with Gasteiger partial charge in [0.05, 0.1) is 28.2 Å². The maximum absolute atomic E-state index is 11.5. The van der Waals surface area contributed by atoms with E-state index < -0.39 is 10.9 Å². The van der Waals surface area contributed by atoms with Crippen LogP contribution in [-0.4, -0.2) is 23.2 Å². The Morgan fingerprint density at radius 2 is 1.78 bits per heavy atom. The van der Waals surface area contributed by atoms with Gasteiger partial charge in [-0.1, -0.05) is 23.4 Å². The predicted molar refractivity (Wildman–Crippen MR) is 104 cm³/mol. The van der Waals surface area contributed by atoms with Crippen molar-refractivity contribution in [2.75, 3.05) is 4.72 Å². The fourth-order valence-corrected chi connectivity index (χ4v) is 3.78. The Labute approximate surface area is 156 Å². The molecule has 7 nitrogen and oxygen atoms in total. The van der Waals surface area contributed by atoms with Gasteiger partial charge in [-0.2, -0.15) is 0 Å². The van der Waals surface area contributed by atoms with E-state index in [0.29, 0.717) is 22.8 Å². The molecule has 2 heterocycles. The molecule has 2 aromatic heterocycles. The highest BCUT2D eigenvalue weighted by atomic mass is 32.2. The molecule has 0 saturated carbocycles. The minimum absolute atomic E-state index is 0.148. The first-order valence-electron chi connectivity index (χ1n) is 8.24. The number of nitrogens with zero attached hydrogens (tertiary/aromatic N) is 2. The highest BCUT2D eigenvalue weighted by molar-refractivity contribution is 7.74. The van der Waals surface area contributed by atoms with E-state index in [1.165, 1.54) is 0 Å². The van der Waals surface area contributed by atoms with E-state index in [9.17, 15) is 13.5 Å². The monoisotopic (exact) mass is 383 g/mol. The topological polar surface area (TPSA) is 97.4 Å². The number of anilines is 1. The number of phenolic OH excluding ortho intramolecular Hbond substituents is 1. The summed E-state index contributed by atoms with van der Waals surface area (Å²) in [6.07, 6.45) is 0. The first-order chi connectivity index (χ1) is 13.0. The van der Waals surface area contributed by atoms with Crippen LogP contribution in [0.25, 0.3) is 27.8 Å². The Morgan fingerprint density at radius 1 is 1.07 bits per heavy atom. The predicted octanol–water partition coefficient (Wildman–Crippen LogP) is 3.55. The second-order valence-corrected chi connectivity index (χ2v) is 6.90. The molecule has 4 rings (SSSR count). The summed E-state index contributed by atoms with van der Waals surface area (Å²) < 4.78 is 32.9. The summed E-state index contributed by atoms with van der Waals surface area (Å²) in [6, 6.07) is 14.2. The molecule has 0 fully saturated rings. The van der Waals surface area contributed by atoms with E-state index >= 15 is 0 Å². The molecule has 0 aliphatic carbocycles. The van der Waals surface area contributed by atoms with Crippen molar-refractivity contribution in [2.24, 2.45) is 0 Å². The number of aromatic hydroxyl groups is 1.